The van der Waals surface area contributed by atoms with Crippen molar-refractivity contribution in [1.29, 1.82) is 0 Å². The number of carbonyl (C=O) groups excluding carboxylic acids is 1. The molecular formula is C19H21NO4. The Morgan fingerprint density at radius 2 is 1.83 bits per heavy atom. The topological polar surface area (TPSA) is 75.6 Å². The van der Waals surface area contributed by atoms with Gasteiger partial charge in [0.25, 0.3) is 5.91 Å². The minimum absolute atomic E-state index is 0.117. The van der Waals surface area contributed by atoms with Crippen LogP contribution in [0, 0.1) is 6.92 Å². The smallest absolute Gasteiger partial charge is 0.336 e. The van der Waals surface area contributed by atoms with Crippen molar-refractivity contribution in [1.82, 2.24) is 0 Å². The summed E-state index contributed by atoms with van der Waals surface area (Å²) in [4.78, 5) is 23.5. The van der Waals surface area contributed by atoms with E-state index in [4.69, 9.17) is 9.84 Å². The van der Waals surface area contributed by atoms with Crippen LogP contribution in [0.2, 0.25) is 0 Å². The van der Waals surface area contributed by atoms with Gasteiger partial charge in [-0.05, 0) is 62.2 Å². The quantitative estimate of drug-likeness (QED) is 0.836. The minimum atomic E-state index is -1.02. The summed E-state index contributed by atoms with van der Waals surface area (Å²) in [6, 6.07) is 11.7. The van der Waals surface area contributed by atoms with Gasteiger partial charge in [0.15, 0.2) is 0 Å². The van der Waals surface area contributed by atoms with E-state index >= 15 is 0 Å². The minimum Gasteiger partial charge on any atom is -0.491 e. The van der Waals surface area contributed by atoms with Gasteiger partial charge in [0.05, 0.1) is 11.7 Å². The van der Waals surface area contributed by atoms with E-state index in [1.54, 1.807) is 43.3 Å². The van der Waals surface area contributed by atoms with Crippen molar-refractivity contribution in [2.24, 2.45) is 0 Å². The number of hydrogen-bond acceptors (Lipinski definition) is 3. The van der Waals surface area contributed by atoms with Crippen molar-refractivity contribution in [2.75, 3.05) is 5.32 Å². The first-order valence-electron chi connectivity index (χ1n) is 7.83. The third-order valence-electron chi connectivity index (χ3n) is 3.84. The molecule has 24 heavy (non-hydrogen) atoms. The van der Waals surface area contributed by atoms with Crippen molar-refractivity contribution >= 4 is 17.6 Å². The molecule has 0 unspecified atom stereocenters. The molecule has 1 atom stereocenters. The lowest BCUT2D eigenvalue weighted by Gasteiger charge is -2.13. The monoisotopic (exact) mass is 327 g/mol. The van der Waals surface area contributed by atoms with Crippen LogP contribution in [0.1, 0.15) is 46.5 Å². The van der Waals surface area contributed by atoms with Gasteiger partial charge < -0.3 is 15.2 Å². The van der Waals surface area contributed by atoms with Crippen LogP contribution in [0.3, 0.4) is 0 Å². The number of anilines is 1. The van der Waals surface area contributed by atoms with Crippen LogP contribution in [-0.4, -0.2) is 23.1 Å². The number of ether oxygens (including phenoxy) is 1. The lowest BCUT2D eigenvalue weighted by Crippen LogP contribution is -2.14. The van der Waals surface area contributed by atoms with E-state index in [-0.39, 0.29) is 17.6 Å². The SMILES string of the molecule is CC[C@H](C)Oc1ccc(C(=O)Nc2cccc(C(=O)O)c2C)cc1. The van der Waals surface area contributed by atoms with Crippen LogP contribution in [0.15, 0.2) is 42.5 Å². The molecule has 2 aromatic carbocycles. The summed E-state index contributed by atoms with van der Waals surface area (Å²) >= 11 is 0. The average molecular weight is 327 g/mol. The third-order valence-corrected chi connectivity index (χ3v) is 3.84. The maximum absolute atomic E-state index is 12.3. The second-order valence-corrected chi connectivity index (χ2v) is 5.60. The number of carboxylic acids is 1. The maximum atomic E-state index is 12.3. The van der Waals surface area contributed by atoms with Crippen molar-refractivity contribution in [3.8, 4) is 5.75 Å². The molecule has 126 valence electrons. The van der Waals surface area contributed by atoms with E-state index in [1.807, 2.05) is 13.8 Å². The Labute approximate surface area is 141 Å². The molecule has 0 bridgehead atoms. The number of hydrogen-bond donors (Lipinski definition) is 2. The zero-order valence-corrected chi connectivity index (χ0v) is 14.0. The van der Waals surface area contributed by atoms with Gasteiger partial charge in [-0.3, -0.25) is 4.79 Å². The molecule has 0 heterocycles. The van der Waals surface area contributed by atoms with Crippen molar-refractivity contribution in [2.45, 2.75) is 33.3 Å². The zero-order valence-electron chi connectivity index (χ0n) is 14.0. The summed E-state index contributed by atoms with van der Waals surface area (Å²) in [5.74, 6) is -0.601. The molecule has 2 aromatic rings. The van der Waals surface area contributed by atoms with Crippen LogP contribution in [-0.2, 0) is 0 Å². The van der Waals surface area contributed by atoms with Crippen LogP contribution in [0.5, 0.6) is 5.75 Å². The fourth-order valence-electron chi connectivity index (χ4n) is 2.20. The predicted molar refractivity (Wildman–Crippen MR) is 92.9 cm³/mol. The van der Waals surface area contributed by atoms with Crippen molar-refractivity contribution in [3.63, 3.8) is 0 Å². The van der Waals surface area contributed by atoms with Gasteiger partial charge in [-0.25, -0.2) is 4.79 Å². The standard InChI is InChI=1S/C19H21NO4/c1-4-12(2)24-15-10-8-14(9-11-15)18(21)20-17-7-5-6-16(13(17)3)19(22)23/h5-12H,4H2,1-3H3,(H,20,21)(H,22,23)/t12-/m0/s1. The lowest BCUT2D eigenvalue weighted by molar-refractivity contribution is 0.0695. The molecule has 5 nitrogen and oxygen atoms in total. The lowest BCUT2D eigenvalue weighted by atomic mass is 10.1. The molecule has 0 spiro atoms. The van der Waals surface area contributed by atoms with Crippen LogP contribution in [0.25, 0.3) is 0 Å². The normalized spacial score (nSPS) is 11.6. The molecular weight excluding hydrogens is 306 g/mol. The molecule has 0 radical (unpaired) electrons. The summed E-state index contributed by atoms with van der Waals surface area (Å²) in [6.45, 7) is 5.70. The van der Waals surface area contributed by atoms with Gasteiger partial charge in [-0.2, -0.15) is 0 Å². The van der Waals surface area contributed by atoms with Gasteiger partial charge in [-0.15, -0.1) is 0 Å². The van der Waals surface area contributed by atoms with Gasteiger partial charge >= 0.3 is 5.97 Å². The third kappa shape index (κ3) is 4.13. The first-order valence-corrected chi connectivity index (χ1v) is 7.83. The summed E-state index contributed by atoms with van der Waals surface area (Å²) in [6.07, 6.45) is 1.02. The second-order valence-electron chi connectivity index (χ2n) is 5.60. The van der Waals surface area contributed by atoms with E-state index in [1.165, 1.54) is 6.07 Å². The van der Waals surface area contributed by atoms with Crippen molar-refractivity contribution in [3.05, 3.63) is 59.2 Å². The first kappa shape index (κ1) is 17.5. The molecule has 0 saturated carbocycles. The van der Waals surface area contributed by atoms with Crippen molar-refractivity contribution < 1.29 is 19.4 Å². The molecule has 0 aliphatic heterocycles. The van der Waals surface area contributed by atoms with Gasteiger partial charge in [0.1, 0.15) is 5.75 Å². The molecule has 0 aliphatic rings. The van der Waals surface area contributed by atoms with E-state index in [0.717, 1.165) is 6.42 Å². The molecule has 2 N–H and O–H groups in total. The van der Waals surface area contributed by atoms with Crippen LogP contribution < -0.4 is 10.1 Å². The van der Waals surface area contributed by atoms with E-state index in [2.05, 4.69) is 5.32 Å². The van der Waals surface area contributed by atoms with Gasteiger partial charge in [0.2, 0.25) is 0 Å². The Bertz CT molecular complexity index is 738. The number of carboxylic acid groups (broad SMARTS) is 1. The summed E-state index contributed by atoms with van der Waals surface area (Å²) < 4.78 is 5.68. The Kier molecular flexibility index (Phi) is 5.58. The highest BCUT2D eigenvalue weighted by atomic mass is 16.5. The molecule has 0 aliphatic carbocycles. The number of amides is 1. The number of aromatic carboxylic acids is 1. The van der Waals surface area contributed by atoms with Gasteiger partial charge in [-0.1, -0.05) is 13.0 Å². The summed E-state index contributed by atoms with van der Waals surface area (Å²) in [7, 11) is 0. The molecule has 0 saturated heterocycles. The maximum Gasteiger partial charge on any atom is 0.336 e. The number of rotatable bonds is 6. The fourth-order valence-corrected chi connectivity index (χ4v) is 2.20. The van der Waals surface area contributed by atoms with E-state index < -0.39 is 5.97 Å². The zero-order chi connectivity index (χ0) is 17.7. The highest BCUT2D eigenvalue weighted by Crippen LogP contribution is 2.21. The molecule has 0 fully saturated rings. The summed E-state index contributed by atoms with van der Waals surface area (Å²) in [5.41, 5.74) is 1.66. The highest BCUT2D eigenvalue weighted by Gasteiger charge is 2.13. The Morgan fingerprint density at radius 3 is 2.42 bits per heavy atom. The number of carbonyl (C=O) groups is 2. The highest BCUT2D eigenvalue weighted by molar-refractivity contribution is 6.05. The van der Waals surface area contributed by atoms with Crippen LogP contribution >= 0.6 is 0 Å². The molecule has 5 heteroatoms. The molecule has 1 amide bonds. The number of nitrogens with one attached hydrogen (secondary N) is 1. The second kappa shape index (κ2) is 7.64. The van der Waals surface area contributed by atoms with Crippen LogP contribution in [0.4, 0.5) is 5.69 Å². The Morgan fingerprint density at radius 1 is 1.17 bits per heavy atom. The Balaban J connectivity index is 2.13. The number of benzene rings is 2. The summed E-state index contributed by atoms with van der Waals surface area (Å²) in [5, 5.41) is 11.9. The molecule has 2 rings (SSSR count). The largest absolute Gasteiger partial charge is 0.491 e. The average Bonchev–Trinajstić information content (AvgIpc) is 2.57. The fraction of sp³-hybridized carbons (Fsp3) is 0.263. The molecule has 0 aromatic heterocycles. The Hall–Kier alpha value is -2.82. The van der Waals surface area contributed by atoms with E-state index in [0.29, 0.717) is 22.6 Å². The predicted octanol–water partition coefficient (Wildman–Crippen LogP) is 4.12. The van der Waals surface area contributed by atoms with Gasteiger partial charge in [0, 0.05) is 11.3 Å². The first-order chi connectivity index (χ1) is 11.4. The van der Waals surface area contributed by atoms with E-state index in [9.17, 15) is 9.59 Å².